The molecule has 0 aliphatic heterocycles. The number of hydrogen-bond acceptors (Lipinski definition) is 1. The van der Waals surface area contributed by atoms with Crippen LogP contribution in [0.3, 0.4) is 0 Å². The SMILES string of the molecule is [2H]C([2H])([2H])C([2H])(C([2H])([2H])[2H])C1(O)CC=C(C)CC1. The highest BCUT2D eigenvalue weighted by atomic mass is 16.3. The molecule has 11 heavy (non-hydrogen) atoms. The lowest BCUT2D eigenvalue weighted by atomic mass is 9.78. The van der Waals surface area contributed by atoms with E-state index in [1.807, 2.05) is 6.92 Å². The number of hydrogen-bond donors (Lipinski definition) is 1. The number of allylic oxidation sites excluding steroid dienone is 1. The molecule has 0 radical (unpaired) electrons. The molecule has 1 aliphatic rings. The van der Waals surface area contributed by atoms with Crippen molar-refractivity contribution in [3.8, 4) is 0 Å². The zero-order valence-electron chi connectivity index (χ0n) is 13.6. The average Bonchev–Trinajstić information content (AvgIpc) is 2.18. The van der Waals surface area contributed by atoms with Gasteiger partial charge in [0.1, 0.15) is 0 Å². The summed E-state index contributed by atoms with van der Waals surface area (Å²) < 4.78 is 52.1. The highest BCUT2D eigenvalue weighted by molar-refractivity contribution is 5.08. The fourth-order valence-corrected chi connectivity index (χ4v) is 1.18. The van der Waals surface area contributed by atoms with Crippen LogP contribution in [0.4, 0.5) is 0 Å². The van der Waals surface area contributed by atoms with E-state index in [0.717, 1.165) is 5.57 Å². The van der Waals surface area contributed by atoms with Gasteiger partial charge in [-0.3, -0.25) is 0 Å². The van der Waals surface area contributed by atoms with Gasteiger partial charge in [0.15, 0.2) is 0 Å². The maximum absolute atomic E-state index is 10.4. The van der Waals surface area contributed by atoms with Crippen LogP contribution in [0.2, 0.25) is 0 Å². The summed E-state index contributed by atoms with van der Waals surface area (Å²) in [5.74, 6) is -2.87. The van der Waals surface area contributed by atoms with E-state index < -0.39 is 25.2 Å². The summed E-state index contributed by atoms with van der Waals surface area (Å²) in [6.07, 6.45) is 1.89. The van der Waals surface area contributed by atoms with Gasteiger partial charge in [0.05, 0.1) is 5.60 Å². The molecular formula is C10H18O. The van der Waals surface area contributed by atoms with E-state index in [4.69, 9.17) is 9.60 Å². The molecule has 1 heteroatoms. The molecule has 1 N–H and O–H groups in total. The fraction of sp³-hybridized carbons (Fsp3) is 0.800. The summed E-state index contributed by atoms with van der Waals surface area (Å²) in [7, 11) is 0. The summed E-state index contributed by atoms with van der Waals surface area (Å²) >= 11 is 0. The smallest absolute Gasteiger partial charge is 0.0707 e. The topological polar surface area (TPSA) is 20.2 Å². The molecule has 0 saturated carbocycles. The zero-order chi connectivity index (χ0) is 14.4. The average molecular weight is 161 g/mol. The van der Waals surface area contributed by atoms with Crippen LogP contribution in [0.25, 0.3) is 0 Å². The first-order valence-electron chi connectivity index (χ1n) is 7.23. The Morgan fingerprint density at radius 3 is 3.00 bits per heavy atom. The van der Waals surface area contributed by atoms with Crippen molar-refractivity contribution in [1.82, 2.24) is 0 Å². The highest BCUT2D eigenvalue weighted by Gasteiger charge is 2.31. The Kier molecular flexibility index (Phi) is 0.870. The van der Waals surface area contributed by atoms with Gasteiger partial charge in [0.2, 0.25) is 0 Å². The van der Waals surface area contributed by atoms with E-state index in [1.54, 1.807) is 6.08 Å². The van der Waals surface area contributed by atoms with Crippen molar-refractivity contribution in [3.63, 3.8) is 0 Å². The predicted octanol–water partition coefficient (Wildman–Crippen LogP) is 2.50. The minimum atomic E-state index is -3.08. The van der Waals surface area contributed by atoms with Crippen LogP contribution >= 0.6 is 0 Å². The molecule has 0 bridgehead atoms. The maximum atomic E-state index is 10.4. The van der Waals surface area contributed by atoms with Crippen molar-refractivity contribution in [3.05, 3.63) is 11.6 Å². The van der Waals surface area contributed by atoms with Gasteiger partial charge in [-0.25, -0.2) is 0 Å². The number of rotatable bonds is 1. The molecule has 1 atom stereocenters. The van der Waals surface area contributed by atoms with Crippen LogP contribution in [-0.4, -0.2) is 10.7 Å². The van der Waals surface area contributed by atoms with Gasteiger partial charge in [-0.2, -0.15) is 0 Å². The third kappa shape index (κ3) is 1.84. The molecule has 0 fully saturated rings. The third-order valence-electron chi connectivity index (χ3n) is 2.19. The van der Waals surface area contributed by atoms with Gasteiger partial charge in [-0.15, -0.1) is 0 Å². The second-order valence-corrected chi connectivity index (χ2v) is 3.16. The Hall–Kier alpha value is -0.300. The fourth-order valence-electron chi connectivity index (χ4n) is 1.18. The molecule has 64 valence electrons. The first kappa shape index (κ1) is 3.21. The number of aliphatic hydroxyl groups is 1. The molecule has 0 aromatic heterocycles. The summed E-state index contributed by atoms with van der Waals surface area (Å²) in [6.45, 7) is -4.33. The normalized spacial score (nSPS) is 44.9. The summed E-state index contributed by atoms with van der Waals surface area (Å²) in [4.78, 5) is 0. The van der Waals surface area contributed by atoms with E-state index >= 15 is 0 Å². The molecule has 0 heterocycles. The minimum Gasteiger partial charge on any atom is -0.389 e. The molecule has 0 saturated heterocycles. The Morgan fingerprint density at radius 2 is 2.55 bits per heavy atom. The molecule has 1 nitrogen and oxygen atoms in total. The summed E-state index contributed by atoms with van der Waals surface area (Å²) in [5.41, 5.74) is -1.08. The van der Waals surface area contributed by atoms with Crippen molar-refractivity contribution >= 4 is 0 Å². The highest BCUT2D eigenvalue weighted by Crippen LogP contribution is 2.32. The Bertz CT molecular complexity index is 340. The van der Waals surface area contributed by atoms with Gasteiger partial charge < -0.3 is 5.11 Å². The molecule has 1 rings (SSSR count). The minimum absolute atomic E-state index is 0.0182. The van der Waals surface area contributed by atoms with Crippen molar-refractivity contribution in [2.45, 2.75) is 45.5 Å². The van der Waals surface area contributed by atoms with Crippen LogP contribution in [0.15, 0.2) is 11.6 Å². The van der Waals surface area contributed by atoms with Gasteiger partial charge in [-0.05, 0) is 32.1 Å². The van der Waals surface area contributed by atoms with Crippen molar-refractivity contribution < 1.29 is 14.7 Å². The van der Waals surface area contributed by atoms with E-state index in [-0.39, 0.29) is 12.8 Å². The standard InChI is InChI=1S/C10H18O/c1-8(2)10(11)6-4-9(3)5-7-10/h4,8,11H,5-7H2,1-3H3/i1D3,2D3,8D. The third-order valence-corrected chi connectivity index (χ3v) is 2.19. The van der Waals surface area contributed by atoms with E-state index in [0.29, 0.717) is 6.42 Å². The predicted molar refractivity (Wildman–Crippen MR) is 47.4 cm³/mol. The largest absolute Gasteiger partial charge is 0.389 e. The van der Waals surface area contributed by atoms with Crippen molar-refractivity contribution in [1.29, 1.82) is 0 Å². The first-order valence-corrected chi connectivity index (χ1v) is 3.73. The lowest BCUT2D eigenvalue weighted by Gasteiger charge is -2.34. The Morgan fingerprint density at radius 1 is 1.82 bits per heavy atom. The Balaban J connectivity index is 3.30. The first-order chi connectivity index (χ1) is 7.85. The zero-order valence-corrected chi connectivity index (χ0v) is 6.65. The molecule has 1 aliphatic carbocycles. The second-order valence-electron chi connectivity index (χ2n) is 3.16. The van der Waals surface area contributed by atoms with Gasteiger partial charge in [-0.1, -0.05) is 25.4 Å². The molecule has 0 amide bonds. The van der Waals surface area contributed by atoms with Crippen LogP contribution in [0.1, 0.15) is 49.5 Å². The maximum Gasteiger partial charge on any atom is 0.0707 e. The lowest BCUT2D eigenvalue weighted by molar-refractivity contribution is -0.0140. The van der Waals surface area contributed by atoms with E-state index in [9.17, 15) is 5.11 Å². The monoisotopic (exact) mass is 161 g/mol. The Labute approximate surface area is 79.0 Å². The van der Waals surface area contributed by atoms with Crippen molar-refractivity contribution in [2.24, 2.45) is 5.89 Å². The summed E-state index contributed by atoms with van der Waals surface area (Å²) in [6, 6.07) is 0. The van der Waals surface area contributed by atoms with Gasteiger partial charge >= 0.3 is 0 Å². The molecular weight excluding hydrogens is 136 g/mol. The van der Waals surface area contributed by atoms with Gasteiger partial charge in [0.25, 0.3) is 0 Å². The van der Waals surface area contributed by atoms with E-state index in [1.165, 1.54) is 0 Å². The van der Waals surface area contributed by atoms with Gasteiger partial charge in [0, 0.05) is 9.60 Å². The molecule has 0 aromatic rings. The molecule has 0 aromatic carbocycles. The quantitative estimate of drug-likeness (QED) is 0.586. The molecule has 1 unspecified atom stereocenters. The second kappa shape index (κ2) is 2.98. The lowest BCUT2D eigenvalue weighted by Crippen LogP contribution is -2.36. The van der Waals surface area contributed by atoms with Crippen LogP contribution in [0.5, 0.6) is 0 Å². The van der Waals surface area contributed by atoms with Crippen molar-refractivity contribution in [2.75, 3.05) is 0 Å². The van der Waals surface area contributed by atoms with Crippen LogP contribution < -0.4 is 0 Å². The van der Waals surface area contributed by atoms with E-state index in [2.05, 4.69) is 0 Å². The van der Waals surface area contributed by atoms with Crippen LogP contribution in [-0.2, 0) is 0 Å². The summed E-state index contributed by atoms with van der Waals surface area (Å²) in [5, 5.41) is 10.4. The van der Waals surface area contributed by atoms with Crippen LogP contribution in [0, 0.1) is 5.89 Å². The molecule has 0 spiro atoms.